The number of carbonyl (C=O) groups is 2. The van der Waals surface area contributed by atoms with E-state index in [2.05, 4.69) is 20.4 Å². The molecule has 1 aliphatic heterocycles. The molecule has 0 saturated carbocycles. The first-order chi connectivity index (χ1) is 15.1. The lowest BCUT2D eigenvalue weighted by atomic mass is 10.2. The van der Waals surface area contributed by atoms with Crippen LogP contribution in [-0.4, -0.2) is 70.5 Å². The summed E-state index contributed by atoms with van der Waals surface area (Å²) in [5, 5.41) is 8.72. The van der Waals surface area contributed by atoms with Crippen molar-refractivity contribution in [3.8, 4) is 10.7 Å². The summed E-state index contributed by atoms with van der Waals surface area (Å²) in [6, 6.07) is 6.56. The van der Waals surface area contributed by atoms with E-state index < -0.39 is 6.04 Å². The number of thiophene rings is 1. The summed E-state index contributed by atoms with van der Waals surface area (Å²) in [6.07, 6.45) is 3.07. The second kappa shape index (κ2) is 9.88. The van der Waals surface area contributed by atoms with Gasteiger partial charge in [-0.2, -0.15) is 4.98 Å². The molecule has 1 saturated heterocycles. The molecule has 3 aromatic rings. The van der Waals surface area contributed by atoms with Gasteiger partial charge in [0.1, 0.15) is 6.04 Å². The van der Waals surface area contributed by atoms with Gasteiger partial charge in [-0.15, -0.1) is 11.3 Å². The quantitative estimate of drug-likeness (QED) is 0.569. The van der Waals surface area contributed by atoms with Crippen molar-refractivity contribution in [3.63, 3.8) is 0 Å². The van der Waals surface area contributed by atoms with E-state index in [9.17, 15) is 9.59 Å². The van der Waals surface area contributed by atoms with E-state index in [4.69, 9.17) is 8.94 Å². The van der Waals surface area contributed by atoms with Crippen LogP contribution in [0, 0.1) is 0 Å². The van der Waals surface area contributed by atoms with Crippen molar-refractivity contribution in [2.45, 2.75) is 25.8 Å². The fraction of sp³-hybridized carbons (Fsp3) is 0.429. The van der Waals surface area contributed by atoms with Gasteiger partial charge >= 0.3 is 0 Å². The molecule has 2 amide bonds. The fourth-order valence-electron chi connectivity index (χ4n) is 3.52. The molecule has 164 valence electrons. The highest BCUT2D eigenvalue weighted by molar-refractivity contribution is 7.13. The van der Waals surface area contributed by atoms with E-state index in [1.165, 1.54) is 6.26 Å². The summed E-state index contributed by atoms with van der Waals surface area (Å²) in [4.78, 5) is 34.3. The fourth-order valence-corrected chi connectivity index (χ4v) is 4.17. The van der Waals surface area contributed by atoms with Crippen LogP contribution in [0.2, 0.25) is 0 Å². The molecule has 1 aliphatic rings. The third-order valence-corrected chi connectivity index (χ3v) is 6.09. The third-order valence-electron chi connectivity index (χ3n) is 5.22. The summed E-state index contributed by atoms with van der Waals surface area (Å²) in [5.41, 5.74) is 0. The second-order valence-corrected chi connectivity index (χ2v) is 8.38. The molecule has 4 rings (SSSR count). The van der Waals surface area contributed by atoms with Crippen LogP contribution in [0.25, 0.3) is 10.7 Å². The lowest BCUT2D eigenvalue weighted by molar-refractivity contribution is -0.134. The molecule has 0 spiro atoms. The minimum Gasteiger partial charge on any atom is -0.459 e. The number of nitrogens with one attached hydrogen (secondary N) is 1. The first-order valence-corrected chi connectivity index (χ1v) is 11.2. The molecule has 1 N–H and O–H groups in total. The number of aromatic nitrogens is 2. The number of piperazine rings is 1. The Bertz CT molecular complexity index is 978. The zero-order chi connectivity index (χ0) is 21.6. The van der Waals surface area contributed by atoms with Crippen molar-refractivity contribution >= 4 is 23.2 Å². The van der Waals surface area contributed by atoms with Crippen LogP contribution in [-0.2, 0) is 11.2 Å². The van der Waals surface area contributed by atoms with Crippen LogP contribution < -0.4 is 5.32 Å². The van der Waals surface area contributed by atoms with E-state index >= 15 is 0 Å². The minimum atomic E-state index is -0.598. The van der Waals surface area contributed by atoms with E-state index in [0.29, 0.717) is 24.8 Å². The van der Waals surface area contributed by atoms with Gasteiger partial charge in [0.15, 0.2) is 5.76 Å². The van der Waals surface area contributed by atoms with Gasteiger partial charge in [-0.25, -0.2) is 0 Å². The van der Waals surface area contributed by atoms with Crippen LogP contribution in [0.1, 0.15) is 29.8 Å². The number of amides is 2. The van der Waals surface area contributed by atoms with E-state index in [1.54, 1.807) is 35.3 Å². The molecule has 1 unspecified atom stereocenters. The van der Waals surface area contributed by atoms with E-state index in [-0.39, 0.29) is 17.6 Å². The number of aryl methyl sites for hydroxylation is 1. The summed E-state index contributed by atoms with van der Waals surface area (Å²) < 4.78 is 10.4. The predicted octanol–water partition coefficient (Wildman–Crippen LogP) is 2.29. The number of hydrogen-bond donors (Lipinski definition) is 1. The highest BCUT2D eigenvalue weighted by Gasteiger charge is 2.26. The highest BCUT2D eigenvalue weighted by atomic mass is 32.1. The maximum Gasteiger partial charge on any atom is 0.287 e. The first kappa shape index (κ1) is 21.3. The van der Waals surface area contributed by atoms with E-state index in [1.807, 2.05) is 17.5 Å². The number of nitrogens with zero attached hydrogens (tertiary/aromatic N) is 4. The molecule has 10 heteroatoms. The molecule has 0 aliphatic carbocycles. The molecule has 1 atom stereocenters. The Morgan fingerprint density at radius 1 is 1.23 bits per heavy atom. The van der Waals surface area contributed by atoms with Gasteiger partial charge in [0, 0.05) is 32.6 Å². The van der Waals surface area contributed by atoms with Gasteiger partial charge in [0.2, 0.25) is 17.6 Å². The molecule has 0 radical (unpaired) electrons. The van der Waals surface area contributed by atoms with Crippen molar-refractivity contribution in [2.24, 2.45) is 0 Å². The standard InChI is InChI=1S/C21H25N5O4S/c1-15(22-20(27)16-5-3-13-29-16)21(28)26-11-9-25(10-12-26)8-2-7-18-23-19(24-30-18)17-6-4-14-31-17/h3-6,13-15H,2,7-12H2,1H3,(H,22,27). The average molecular weight is 444 g/mol. The molecule has 31 heavy (non-hydrogen) atoms. The summed E-state index contributed by atoms with van der Waals surface area (Å²) >= 11 is 1.59. The summed E-state index contributed by atoms with van der Waals surface area (Å²) in [6.45, 7) is 5.49. The maximum absolute atomic E-state index is 12.6. The molecule has 1 fully saturated rings. The summed E-state index contributed by atoms with van der Waals surface area (Å²) in [5.74, 6) is 1.04. The Balaban J connectivity index is 1.16. The highest BCUT2D eigenvalue weighted by Crippen LogP contribution is 2.21. The number of rotatable bonds is 8. The maximum atomic E-state index is 12.6. The minimum absolute atomic E-state index is 0.0773. The largest absolute Gasteiger partial charge is 0.459 e. The second-order valence-electron chi connectivity index (χ2n) is 7.43. The van der Waals surface area contributed by atoms with Crippen molar-refractivity contribution in [2.75, 3.05) is 32.7 Å². The van der Waals surface area contributed by atoms with Crippen molar-refractivity contribution in [3.05, 3.63) is 47.6 Å². The number of furan rings is 1. The SMILES string of the molecule is CC(NC(=O)c1ccco1)C(=O)N1CCN(CCCc2nc(-c3cccs3)no2)CC1. The smallest absolute Gasteiger partial charge is 0.287 e. The normalized spacial score (nSPS) is 15.7. The van der Waals surface area contributed by atoms with Gasteiger partial charge in [-0.1, -0.05) is 11.2 Å². The first-order valence-electron chi connectivity index (χ1n) is 10.3. The molecule has 9 nitrogen and oxygen atoms in total. The third kappa shape index (κ3) is 5.39. The van der Waals surface area contributed by atoms with Crippen LogP contribution in [0.4, 0.5) is 0 Å². The molecule has 4 heterocycles. The molecule has 0 aromatic carbocycles. The topological polar surface area (TPSA) is 105 Å². The van der Waals surface area contributed by atoms with Gasteiger partial charge in [-0.05, 0) is 43.5 Å². The van der Waals surface area contributed by atoms with Crippen LogP contribution in [0.5, 0.6) is 0 Å². The van der Waals surface area contributed by atoms with Crippen LogP contribution in [0.15, 0.2) is 44.8 Å². The van der Waals surface area contributed by atoms with Crippen molar-refractivity contribution in [1.29, 1.82) is 0 Å². The Morgan fingerprint density at radius 3 is 2.77 bits per heavy atom. The van der Waals surface area contributed by atoms with Crippen LogP contribution >= 0.6 is 11.3 Å². The van der Waals surface area contributed by atoms with E-state index in [0.717, 1.165) is 37.4 Å². The van der Waals surface area contributed by atoms with Crippen molar-refractivity contribution in [1.82, 2.24) is 25.3 Å². The lowest BCUT2D eigenvalue weighted by Gasteiger charge is -2.36. The zero-order valence-corrected chi connectivity index (χ0v) is 18.1. The number of hydrogen-bond acceptors (Lipinski definition) is 8. The Hall–Kier alpha value is -2.98. The number of carbonyl (C=O) groups excluding carboxylic acids is 2. The lowest BCUT2D eigenvalue weighted by Crippen LogP contribution is -2.54. The Kier molecular flexibility index (Phi) is 6.78. The van der Waals surface area contributed by atoms with Crippen LogP contribution in [0.3, 0.4) is 0 Å². The monoisotopic (exact) mass is 443 g/mol. The molecule has 3 aromatic heterocycles. The molecular weight excluding hydrogens is 418 g/mol. The molecule has 0 bridgehead atoms. The van der Waals surface area contributed by atoms with Gasteiger partial charge < -0.3 is 19.2 Å². The average Bonchev–Trinajstić information content (AvgIpc) is 3.56. The van der Waals surface area contributed by atoms with Gasteiger partial charge in [0.05, 0.1) is 11.1 Å². The van der Waals surface area contributed by atoms with Gasteiger partial charge in [-0.3, -0.25) is 14.5 Å². The predicted molar refractivity (Wildman–Crippen MR) is 115 cm³/mol. The molecular formula is C21H25N5O4S. The van der Waals surface area contributed by atoms with Gasteiger partial charge in [0.25, 0.3) is 5.91 Å². The zero-order valence-electron chi connectivity index (χ0n) is 17.3. The summed E-state index contributed by atoms with van der Waals surface area (Å²) in [7, 11) is 0. The van der Waals surface area contributed by atoms with Crippen molar-refractivity contribution < 1.29 is 18.5 Å². The Labute approximate surface area is 184 Å². The Morgan fingerprint density at radius 2 is 2.06 bits per heavy atom.